The molecule has 0 saturated carbocycles. The topological polar surface area (TPSA) is 60.4 Å². The summed E-state index contributed by atoms with van der Waals surface area (Å²) in [7, 11) is -1.23. The van der Waals surface area contributed by atoms with Crippen molar-refractivity contribution in [2.24, 2.45) is 0 Å². The molecule has 0 radical (unpaired) electrons. The van der Waals surface area contributed by atoms with Crippen molar-refractivity contribution in [2.45, 2.75) is 76.2 Å². The minimum absolute atomic E-state index is 0.220. The first-order chi connectivity index (χ1) is 13.1. The second-order valence-electron chi connectivity index (χ2n) is 9.43. The molecule has 0 bridgehead atoms. The summed E-state index contributed by atoms with van der Waals surface area (Å²) in [5.41, 5.74) is 1.14. The third-order valence-corrected chi connectivity index (χ3v) is 6.92. The number of rotatable bonds is 7. The van der Waals surface area contributed by atoms with E-state index < -0.39 is 20.0 Å². The minimum Gasteiger partial charge on any atom is -0.388 e. The van der Waals surface area contributed by atoms with E-state index in [2.05, 4.69) is 31.8 Å². The van der Waals surface area contributed by atoms with Crippen LogP contribution in [0.5, 0.6) is 0 Å². The maximum absolute atomic E-state index is 10.7. The zero-order valence-electron chi connectivity index (χ0n) is 17.8. The Balaban J connectivity index is 1.78. The standard InChI is InChI=1S/C21H35NO5Si/c1-21(2)25-15-18(27-21)19-20(24-11-12-28(3,4)5)17(23)14-26-22(19)13-16-9-7-6-8-10-16/h6-10,17-20,23H,11-15H2,1-5H3/t17-,18+,19-,20-/m0/s1. The fraction of sp³-hybridized carbons (Fsp3) is 0.714. The van der Waals surface area contributed by atoms with Gasteiger partial charge in [-0.05, 0) is 25.5 Å². The lowest BCUT2D eigenvalue weighted by Gasteiger charge is -2.44. The lowest BCUT2D eigenvalue weighted by atomic mass is 9.98. The van der Waals surface area contributed by atoms with Crippen LogP contribution < -0.4 is 0 Å². The fourth-order valence-electron chi connectivity index (χ4n) is 3.65. The van der Waals surface area contributed by atoms with E-state index in [1.54, 1.807) is 0 Å². The molecule has 28 heavy (non-hydrogen) atoms. The zero-order valence-corrected chi connectivity index (χ0v) is 18.8. The summed E-state index contributed by atoms with van der Waals surface area (Å²) in [4.78, 5) is 5.94. The molecule has 2 aliphatic heterocycles. The summed E-state index contributed by atoms with van der Waals surface area (Å²) in [6, 6.07) is 11.0. The molecule has 2 saturated heterocycles. The van der Waals surface area contributed by atoms with Crippen molar-refractivity contribution in [2.75, 3.05) is 19.8 Å². The Hall–Kier alpha value is -0.803. The van der Waals surface area contributed by atoms with Crippen LogP contribution in [0.2, 0.25) is 25.7 Å². The predicted octanol–water partition coefficient (Wildman–Crippen LogP) is 3.04. The maximum atomic E-state index is 10.7. The van der Waals surface area contributed by atoms with Gasteiger partial charge in [-0.3, -0.25) is 4.84 Å². The molecule has 0 amide bonds. The Kier molecular flexibility index (Phi) is 6.97. The third-order valence-electron chi connectivity index (χ3n) is 5.21. The first kappa shape index (κ1) is 21.9. The molecule has 2 aliphatic rings. The molecule has 0 aliphatic carbocycles. The molecule has 1 aromatic carbocycles. The highest BCUT2D eigenvalue weighted by molar-refractivity contribution is 6.76. The Morgan fingerprint density at radius 2 is 1.89 bits per heavy atom. The number of aliphatic hydroxyl groups is 1. The molecule has 158 valence electrons. The van der Waals surface area contributed by atoms with Crippen molar-refractivity contribution in [3.8, 4) is 0 Å². The van der Waals surface area contributed by atoms with Crippen LogP contribution >= 0.6 is 0 Å². The van der Waals surface area contributed by atoms with Gasteiger partial charge in [-0.2, -0.15) is 5.06 Å². The van der Waals surface area contributed by atoms with Crippen LogP contribution in [0.15, 0.2) is 30.3 Å². The molecule has 2 heterocycles. The third kappa shape index (κ3) is 5.85. The summed E-state index contributed by atoms with van der Waals surface area (Å²) >= 11 is 0. The van der Waals surface area contributed by atoms with E-state index in [1.165, 1.54) is 0 Å². The Morgan fingerprint density at radius 1 is 1.18 bits per heavy atom. The second kappa shape index (κ2) is 8.91. The summed E-state index contributed by atoms with van der Waals surface area (Å²) in [5, 5.41) is 12.6. The Morgan fingerprint density at radius 3 is 2.50 bits per heavy atom. The van der Waals surface area contributed by atoms with Crippen LogP contribution in [0, 0.1) is 0 Å². The van der Waals surface area contributed by atoms with Crippen LogP contribution in [-0.4, -0.2) is 68.2 Å². The number of ether oxygens (including phenoxy) is 3. The van der Waals surface area contributed by atoms with Gasteiger partial charge in [0.2, 0.25) is 0 Å². The van der Waals surface area contributed by atoms with E-state index in [0.29, 0.717) is 19.8 Å². The lowest BCUT2D eigenvalue weighted by Crippen LogP contribution is -2.61. The Labute approximate surface area is 169 Å². The molecule has 2 fully saturated rings. The average Bonchev–Trinajstić information content (AvgIpc) is 2.97. The Bertz CT molecular complexity index is 621. The second-order valence-corrected chi connectivity index (χ2v) is 15.0. The molecule has 6 nitrogen and oxygen atoms in total. The van der Waals surface area contributed by atoms with Gasteiger partial charge in [-0.25, -0.2) is 0 Å². The van der Waals surface area contributed by atoms with Crippen LogP contribution in [0.3, 0.4) is 0 Å². The van der Waals surface area contributed by atoms with Gasteiger partial charge in [-0.1, -0.05) is 50.0 Å². The smallest absolute Gasteiger partial charge is 0.163 e. The van der Waals surface area contributed by atoms with Gasteiger partial charge in [-0.15, -0.1) is 0 Å². The van der Waals surface area contributed by atoms with E-state index in [4.69, 9.17) is 19.0 Å². The number of hydroxylamine groups is 2. The highest BCUT2D eigenvalue weighted by atomic mass is 28.3. The highest BCUT2D eigenvalue weighted by Crippen LogP contribution is 2.32. The molecule has 7 heteroatoms. The van der Waals surface area contributed by atoms with Crippen LogP contribution in [0.1, 0.15) is 19.4 Å². The van der Waals surface area contributed by atoms with E-state index in [9.17, 15) is 5.11 Å². The number of hydrogen-bond donors (Lipinski definition) is 1. The van der Waals surface area contributed by atoms with Gasteiger partial charge in [0, 0.05) is 21.2 Å². The molecular weight excluding hydrogens is 374 g/mol. The van der Waals surface area contributed by atoms with Crippen molar-refractivity contribution < 1.29 is 24.2 Å². The molecular formula is C21H35NO5Si. The maximum Gasteiger partial charge on any atom is 0.163 e. The monoisotopic (exact) mass is 409 g/mol. The average molecular weight is 410 g/mol. The van der Waals surface area contributed by atoms with Crippen molar-refractivity contribution in [3.05, 3.63) is 35.9 Å². The van der Waals surface area contributed by atoms with Crippen molar-refractivity contribution in [1.29, 1.82) is 0 Å². The number of aliphatic hydroxyl groups excluding tert-OH is 1. The SMILES string of the molecule is CC1(C)OC[C@H]([C@H]2[C@@H](OCC[Si](C)(C)C)[C@@H](O)CON2Cc2ccccc2)O1. The molecule has 1 N–H and O–H groups in total. The highest BCUT2D eigenvalue weighted by Gasteiger charge is 2.49. The summed E-state index contributed by atoms with van der Waals surface area (Å²) in [5.74, 6) is -0.644. The first-order valence-corrected chi connectivity index (χ1v) is 13.9. The van der Waals surface area contributed by atoms with Crippen molar-refractivity contribution in [3.63, 3.8) is 0 Å². The number of hydrogen-bond acceptors (Lipinski definition) is 6. The van der Waals surface area contributed by atoms with Gasteiger partial charge in [0.25, 0.3) is 0 Å². The molecule has 0 unspecified atom stereocenters. The van der Waals surface area contributed by atoms with Gasteiger partial charge in [0.15, 0.2) is 5.79 Å². The molecule has 4 atom stereocenters. The quantitative estimate of drug-likeness (QED) is 0.699. The van der Waals surface area contributed by atoms with Crippen molar-refractivity contribution in [1.82, 2.24) is 5.06 Å². The summed E-state index contributed by atoms with van der Waals surface area (Å²) in [6.07, 6.45) is -1.30. The largest absolute Gasteiger partial charge is 0.388 e. The van der Waals surface area contributed by atoms with Gasteiger partial charge in [0.05, 0.1) is 19.3 Å². The van der Waals surface area contributed by atoms with Crippen molar-refractivity contribution >= 4 is 8.07 Å². The first-order valence-electron chi connectivity index (χ1n) is 10.2. The minimum atomic E-state index is -1.23. The zero-order chi connectivity index (χ0) is 20.4. The predicted molar refractivity (Wildman–Crippen MR) is 111 cm³/mol. The number of nitrogens with zero attached hydrogens (tertiary/aromatic N) is 1. The molecule has 1 aromatic rings. The van der Waals surface area contributed by atoms with Crippen LogP contribution in [-0.2, 0) is 25.6 Å². The normalized spacial score (nSPS) is 31.2. The summed E-state index contributed by atoms with van der Waals surface area (Å²) < 4.78 is 18.2. The van der Waals surface area contributed by atoms with E-state index in [1.807, 2.05) is 37.1 Å². The van der Waals surface area contributed by atoms with Gasteiger partial charge in [0.1, 0.15) is 18.3 Å². The van der Waals surface area contributed by atoms with E-state index in [0.717, 1.165) is 11.6 Å². The molecule has 3 rings (SSSR count). The van der Waals surface area contributed by atoms with Crippen LogP contribution in [0.25, 0.3) is 0 Å². The van der Waals surface area contributed by atoms with Crippen LogP contribution in [0.4, 0.5) is 0 Å². The number of benzene rings is 1. The summed E-state index contributed by atoms with van der Waals surface area (Å²) in [6.45, 7) is 12.7. The van der Waals surface area contributed by atoms with Gasteiger partial charge >= 0.3 is 0 Å². The fourth-order valence-corrected chi connectivity index (χ4v) is 4.38. The van der Waals surface area contributed by atoms with E-state index >= 15 is 0 Å². The van der Waals surface area contributed by atoms with Gasteiger partial charge < -0.3 is 19.3 Å². The molecule has 0 aromatic heterocycles. The van der Waals surface area contributed by atoms with E-state index in [-0.39, 0.29) is 24.9 Å². The molecule has 0 spiro atoms. The lowest BCUT2D eigenvalue weighted by molar-refractivity contribution is -0.302.